The summed E-state index contributed by atoms with van der Waals surface area (Å²) in [6.45, 7) is 20.2. The lowest BCUT2D eigenvalue weighted by Gasteiger charge is -2.65. The zero-order chi connectivity index (χ0) is 39.4. The smallest absolute Gasteiger partial charge is 0.0688 e. The Balaban J connectivity index is 1.73. The van der Waals surface area contributed by atoms with Gasteiger partial charge in [-0.1, -0.05) is 294 Å². The number of hydrogen-bond donors (Lipinski definition) is 0. The second-order valence-corrected chi connectivity index (χ2v) is 76.2. The van der Waals surface area contributed by atoms with E-state index in [-0.39, 0.29) is 0 Å². The van der Waals surface area contributed by atoms with Gasteiger partial charge in [0, 0.05) is 0 Å². The van der Waals surface area contributed by atoms with Crippen molar-refractivity contribution in [2.75, 3.05) is 0 Å². The molecule has 0 amide bonds. The minimum atomic E-state index is -2.69. The van der Waals surface area contributed by atoms with Gasteiger partial charge in [0.15, 0.2) is 0 Å². The van der Waals surface area contributed by atoms with Crippen LogP contribution < -0.4 is 36.3 Å². The first-order valence-electron chi connectivity index (χ1n) is 20.1. The van der Waals surface area contributed by atoms with Crippen LogP contribution in [0.2, 0.25) is 45.8 Å². The fourth-order valence-corrected chi connectivity index (χ4v) is 181. The molecule has 7 heteroatoms. The standard InChI is InChI=1S/C49H56Si7/c1-50(43-29-15-8-16-30-43)52(3,45-33-19-10-20-34-45)54(5,47-37-23-12-24-38-47)56(7,49-41-27-14-28-42-49)55(6,48-39-25-13-26-40-48)53(4,46-35-21-11-22-36-46)51(2)44-31-17-9-18-32-44/h8-42H,1-7H3. The predicted octanol–water partition coefficient (Wildman–Crippen LogP) is 7.45. The molecule has 0 aliphatic heterocycles. The van der Waals surface area contributed by atoms with E-state index in [9.17, 15) is 0 Å². The molecule has 0 heterocycles. The van der Waals surface area contributed by atoms with E-state index in [0.29, 0.717) is 0 Å². The third-order valence-electron chi connectivity index (χ3n) is 14.7. The molecular weight excluding hydrogens is 785 g/mol. The molecule has 56 heavy (non-hydrogen) atoms. The molecule has 0 fully saturated rings. The first-order chi connectivity index (χ1) is 27.1. The molecule has 0 nitrogen and oxygen atoms in total. The van der Waals surface area contributed by atoms with Crippen molar-refractivity contribution in [3.05, 3.63) is 212 Å². The van der Waals surface area contributed by atoms with Crippen LogP contribution in [0.15, 0.2) is 212 Å². The Labute approximate surface area is 344 Å². The van der Waals surface area contributed by atoms with Crippen LogP contribution in [0.1, 0.15) is 0 Å². The summed E-state index contributed by atoms with van der Waals surface area (Å²) in [7, 11) is -15.0. The van der Waals surface area contributed by atoms with E-state index < -0.39 is 52.2 Å². The van der Waals surface area contributed by atoms with E-state index in [1.165, 1.54) is 0 Å². The van der Waals surface area contributed by atoms with Gasteiger partial charge >= 0.3 is 0 Å². The number of hydrogen-bond acceptors (Lipinski definition) is 0. The number of benzene rings is 7. The molecule has 7 aromatic rings. The SMILES string of the molecule is C[Si](c1ccccc1)[Si](C)(c1ccccc1)[Si](C)(c1ccccc1)[Si](C)(c1ccccc1)[Si](C)(c1ccccc1)[Si](C)(c1ccccc1)[Si](C)c1ccccc1. The lowest BCUT2D eigenvalue weighted by Crippen LogP contribution is -3.03. The van der Waals surface area contributed by atoms with E-state index in [4.69, 9.17) is 0 Å². The van der Waals surface area contributed by atoms with Crippen LogP contribution in [0.3, 0.4) is 0 Å². The topological polar surface area (TPSA) is 0 Å². The van der Waals surface area contributed by atoms with Gasteiger partial charge in [-0.15, -0.1) is 0 Å². The highest BCUT2D eigenvalue weighted by Crippen LogP contribution is 2.41. The summed E-state index contributed by atoms with van der Waals surface area (Å²) in [6.07, 6.45) is 0. The first kappa shape index (κ1) is 40.3. The Hall–Kier alpha value is -3.94. The normalized spacial score (nSPS) is 17.2. The molecule has 0 bridgehead atoms. The van der Waals surface area contributed by atoms with Crippen molar-refractivity contribution in [3.63, 3.8) is 0 Å². The maximum Gasteiger partial charge on any atom is 0.0773 e. The zero-order valence-electron chi connectivity index (χ0n) is 34.2. The van der Waals surface area contributed by atoms with Crippen LogP contribution in [0, 0.1) is 0 Å². The summed E-state index contributed by atoms with van der Waals surface area (Å²) in [5.74, 6) is 0. The monoisotopic (exact) mass is 840 g/mol. The summed E-state index contributed by atoms with van der Waals surface area (Å²) in [4.78, 5) is 0. The molecule has 0 aliphatic carbocycles. The van der Waals surface area contributed by atoms with Gasteiger partial charge < -0.3 is 0 Å². The summed E-state index contributed by atoms with van der Waals surface area (Å²) in [5, 5.41) is 11.5. The molecule has 0 saturated heterocycles. The molecule has 4 unspecified atom stereocenters. The molecule has 7 rings (SSSR count). The molecule has 2 radical (unpaired) electrons. The van der Waals surface area contributed by atoms with Gasteiger partial charge in [-0.25, -0.2) is 0 Å². The Morgan fingerprint density at radius 2 is 0.446 bits per heavy atom. The maximum absolute atomic E-state index is 2.99. The summed E-state index contributed by atoms with van der Waals surface area (Å²) in [5.41, 5.74) is 0. The van der Waals surface area contributed by atoms with Gasteiger partial charge in [0.05, 0.1) is 52.2 Å². The Morgan fingerprint density at radius 1 is 0.250 bits per heavy atom. The lowest BCUT2D eigenvalue weighted by atomic mass is 10.4. The van der Waals surface area contributed by atoms with Crippen LogP contribution in [0.4, 0.5) is 0 Å². The lowest BCUT2D eigenvalue weighted by molar-refractivity contribution is 1.69. The van der Waals surface area contributed by atoms with Crippen LogP contribution >= 0.6 is 0 Å². The van der Waals surface area contributed by atoms with Crippen molar-refractivity contribution in [2.45, 2.75) is 45.8 Å². The van der Waals surface area contributed by atoms with E-state index in [2.05, 4.69) is 258 Å². The molecule has 4 atom stereocenters. The Bertz CT molecular complexity index is 2150. The number of rotatable bonds is 13. The third-order valence-corrected chi connectivity index (χ3v) is 131. The van der Waals surface area contributed by atoms with Crippen molar-refractivity contribution < 1.29 is 0 Å². The van der Waals surface area contributed by atoms with Crippen LogP contribution in [-0.4, -0.2) is 52.2 Å². The molecule has 0 saturated carbocycles. The van der Waals surface area contributed by atoms with Crippen molar-refractivity contribution in [2.24, 2.45) is 0 Å². The molecule has 0 aliphatic rings. The quantitative estimate of drug-likeness (QED) is 0.106. The van der Waals surface area contributed by atoms with Crippen molar-refractivity contribution in [1.82, 2.24) is 0 Å². The highest BCUT2D eigenvalue weighted by molar-refractivity contribution is 8.07. The van der Waals surface area contributed by atoms with Crippen LogP contribution in [0.5, 0.6) is 0 Å². The van der Waals surface area contributed by atoms with Gasteiger partial charge in [0.2, 0.25) is 0 Å². The fraction of sp³-hybridized carbons (Fsp3) is 0.143. The van der Waals surface area contributed by atoms with Crippen LogP contribution in [-0.2, 0) is 0 Å². The molecule has 7 aromatic carbocycles. The van der Waals surface area contributed by atoms with E-state index in [0.717, 1.165) is 0 Å². The summed E-state index contributed by atoms with van der Waals surface area (Å²) < 4.78 is 0. The minimum Gasteiger partial charge on any atom is -0.0688 e. The minimum absolute atomic E-state index is 1.09. The first-order valence-corrected chi connectivity index (χ1v) is 42.6. The van der Waals surface area contributed by atoms with Crippen molar-refractivity contribution in [3.8, 4) is 0 Å². The highest BCUT2D eigenvalue weighted by Gasteiger charge is 2.75. The van der Waals surface area contributed by atoms with E-state index in [1.54, 1.807) is 36.3 Å². The average Bonchev–Trinajstić information content (AvgIpc) is 3.29. The van der Waals surface area contributed by atoms with E-state index in [1.807, 2.05) is 0 Å². The molecule has 280 valence electrons. The molecule has 0 spiro atoms. The Kier molecular flexibility index (Phi) is 11.9. The van der Waals surface area contributed by atoms with Gasteiger partial charge in [-0.3, -0.25) is 0 Å². The van der Waals surface area contributed by atoms with Gasteiger partial charge in [-0.05, 0) is 0 Å². The summed E-state index contributed by atoms with van der Waals surface area (Å²) >= 11 is 0. The maximum atomic E-state index is 2.99. The van der Waals surface area contributed by atoms with Gasteiger partial charge in [-0.2, -0.15) is 0 Å². The van der Waals surface area contributed by atoms with Crippen molar-refractivity contribution in [1.29, 1.82) is 0 Å². The zero-order valence-corrected chi connectivity index (χ0v) is 41.2. The van der Waals surface area contributed by atoms with Gasteiger partial charge in [0.1, 0.15) is 0 Å². The third kappa shape index (κ3) is 6.32. The Morgan fingerprint density at radius 3 is 0.696 bits per heavy atom. The molecule has 0 N–H and O–H groups in total. The van der Waals surface area contributed by atoms with Crippen molar-refractivity contribution >= 4 is 88.5 Å². The molecule has 0 aromatic heterocycles. The predicted molar refractivity (Wildman–Crippen MR) is 264 cm³/mol. The largest absolute Gasteiger partial charge is 0.0773 e. The summed E-state index contributed by atoms with van der Waals surface area (Å²) in [6, 6.07) is 84.3. The van der Waals surface area contributed by atoms with Gasteiger partial charge in [0.25, 0.3) is 0 Å². The average molecular weight is 842 g/mol. The fourth-order valence-electron chi connectivity index (χ4n) is 10.8. The second kappa shape index (κ2) is 16.5. The van der Waals surface area contributed by atoms with E-state index >= 15 is 0 Å². The highest BCUT2D eigenvalue weighted by atomic mass is 30.0. The second-order valence-electron chi connectivity index (χ2n) is 16.4. The van der Waals surface area contributed by atoms with Crippen LogP contribution in [0.25, 0.3) is 0 Å². The molecular formula is C49H56Si7.